The molecule has 0 aromatic heterocycles. The molecule has 2 aromatic rings. The molecule has 454 valence electrons. The number of phenols is 1. The van der Waals surface area contributed by atoms with Crippen molar-refractivity contribution in [3.8, 4) is 5.75 Å². The van der Waals surface area contributed by atoms with Crippen molar-refractivity contribution in [2.75, 3.05) is 32.7 Å². The Morgan fingerprint density at radius 3 is 1.65 bits per heavy atom. The molecule has 2 heterocycles. The Morgan fingerprint density at radius 2 is 1.10 bits per heavy atom. The number of carbonyl (C=O) groups is 9. The Balaban J connectivity index is 1.54. The fourth-order valence-corrected chi connectivity index (χ4v) is 10.1. The van der Waals surface area contributed by atoms with E-state index in [0.717, 1.165) is 0 Å². The lowest BCUT2D eigenvalue weighted by atomic mass is 10.00. The van der Waals surface area contributed by atoms with Gasteiger partial charge in [-0.15, -0.1) is 0 Å². The zero-order valence-corrected chi connectivity index (χ0v) is 48.0. The maximum absolute atomic E-state index is 14.9. The van der Waals surface area contributed by atoms with Crippen molar-refractivity contribution >= 4 is 59.2 Å². The molecule has 82 heavy (non-hydrogen) atoms. The van der Waals surface area contributed by atoms with E-state index in [1.165, 1.54) is 21.9 Å². The van der Waals surface area contributed by atoms with Crippen LogP contribution in [0.4, 0.5) is 0 Å². The molecule has 9 atom stereocenters. The van der Waals surface area contributed by atoms with Gasteiger partial charge in [-0.2, -0.15) is 0 Å². The van der Waals surface area contributed by atoms with Crippen LogP contribution in [-0.2, 0) is 56.0 Å². The molecule has 0 aliphatic carbocycles. The minimum atomic E-state index is -1.32. The molecule has 25 nitrogen and oxygen atoms in total. The van der Waals surface area contributed by atoms with Crippen molar-refractivity contribution in [2.45, 2.75) is 178 Å². The zero-order chi connectivity index (χ0) is 60.5. The van der Waals surface area contributed by atoms with Crippen LogP contribution in [0, 0.1) is 17.2 Å². The molecule has 2 aromatic carbocycles. The van der Waals surface area contributed by atoms with Crippen LogP contribution in [0.25, 0.3) is 0 Å². The lowest BCUT2D eigenvalue weighted by molar-refractivity contribution is -0.145. The zero-order valence-electron chi connectivity index (χ0n) is 48.0. The van der Waals surface area contributed by atoms with Crippen LogP contribution >= 0.6 is 0 Å². The maximum atomic E-state index is 14.9. The van der Waals surface area contributed by atoms with Crippen LogP contribution in [0.1, 0.15) is 122 Å². The van der Waals surface area contributed by atoms with Gasteiger partial charge in [0.25, 0.3) is 0 Å². The molecule has 0 saturated carbocycles. The summed E-state index contributed by atoms with van der Waals surface area (Å²) in [6.07, 6.45) is 4.18. The molecule has 2 fully saturated rings. The molecule has 0 unspecified atom stereocenters. The number of carbonyl (C=O) groups excluding carboxylic acids is 8. The number of aliphatic carboxylic acids is 1. The van der Waals surface area contributed by atoms with Gasteiger partial charge in [0, 0.05) is 32.5 Å². The minimum Gasteiger partial charge on any atom is -0.508 e. The number of amides is 8. The van der Waals surface area contributed by atoms with Crippen molar-refractivity contribution in [3.05, 3.63) is 65.7 Å². The number of hydrogen-bond acceptors (Lipinski definition) is 14. The first kappa shape index (κ1) is 67.1. The van der Waals surface area contributed by atoms with Crippen molar-refractivity contribution < 1.29 is 53.4 Å². The third-order valence-corrected chi connectivity index (χ3v) is 14.6. The molecule has 2 saturated heterocycles. The Hall–Kier alpha value is -7.38. The van der Waals surface area contributed by atoms with Crippen LogP contribution in [0.2, 0.25) is 0 Å². The van der Waals surface area contributed by atoms with Gasteiger partial charge in [-0.05, 0) is 132 Å². The third-order valence-electron chi connectivity index (χ3n) is 14.6. The lowest BCUT2D eigenvalue weighted by Gasteiger charge is -2.33. The molecular weight excluding hydrogens is 1060 g/mol. The van der Waals surface area contributed by atoms with Crippen LogP contribution in [0.15, 0.2) is 54.6 Å². The number of carboxylic acid groups (broad SMARTS) is 1. The van der Waals surface area contributed by atoms with Gasteiger partial charge in [-0.25, -0.2) is 4.79 Å². The molecule has 18 N–H and O–H groups in total. The topological polar surface area (TPSA) is 413 Å². The van der Waals surface area contributed by atoms with E-state index in [2.05, 4.69) is 37.2 Å². The summed E-state index contributed by atoms with van der Waals surface area (Å²) in [6.45, 7) is 8.55. The number of guanidine groups is 1. The average molecular weight is 1150 g/mol. The van der Waals surface area contributed by atoms with Gasteiger partial charge in [-0.1, -0.05) is 70.2 Å². The maximum Gasteiger partial charge on any atom is 0.326 e. The number of aromatic hydroxyl groups is 1. The van der Waals surface area contributed by atoms with E-state index in [1.807, 2.05) is 19.9 Å². The van der Waals surface area contributed by atoms with Gasteiger partial charge in [0.1, 0.15) is 54.1 Å². The van der Waals surface area contributed by atoms with Crippen molar-refractivity contribution in [1.82, 2.24) is 47.0 Å². The standard InChI is InChI=1S/C57H90N14O11/c1-34(2)31-42(50(75)64-40(18-8-10-26-58)49(74)66-43(32-37-22-24-38(72)25-23-37)51(76)65-41(56(81)82)19-9-11-27-59)67-52(77)45-20-13-29-70(45)54(79)44(33-36-15-6-5-7-16-36)68-53(78)46-21-14-30-71(46)55(80)47(35(3)4)69-48(73)39(60)17-12-28-63-57(61)62/h5-7,15-16,22-25,34-35,39-47,72H,8-14,17-21,26-33,58-60H2,1-4H3,(H,64,75)(H,65,76)(H,66,74)(H,67,77)(H,68,78)(H,69,73)(H,81,82)(H4,61,62,63)/t39-,40-,41-,42-,43-,44-,45-,46-,47-/m0/s1. The Kier molecular flexibility index (Phi) is 28.0. The highest BCUT2D eigenvalue weighted by Crippen LogP contribution is 2.24. The van der Waals surface area contributed by atoms with E-state index in [1.54, 1.807) is 50.2 Å². The smallest absolute Gasteiger partial charge is 0.326 e. The molecule has 25 heteroatoms. The molecule has 4 rings (SSSR count). The first-order valence-electron chi connectivity index (χ1n) is 28.8. The Morgan fingerprint density at radius 1 is 0.598 bits per heavy atom. The highest BCUT2D eigenvalue weighted by molar-refractivity contribution is 5.98. The summed E-state index contributed by atoms with van der Waals surface area (Å²) in [4.78, 5) is 129. The molecule has 0 radical (unpaired) electrons. The predicted molar refractivity (Wildman–Crippen MR) is 308 cm³/mol. The highest BCUT2D eigenvalue weighted by atomic mass is 16.4. The number of hydrogen-bond donors (Lipinski definition) is 14. The number of benzene rings is 2. The van der Waals surface area contributed by atoms with Crippen molar-refractivity contribution in [1.29, 1.82) is 5.41 Å². The second-order valence-electron chi connectivity index (χ2n) is 22.1. The second-order valence-corrected chi connectivity index (χ2v) is 22.1. The minimum absolute atomic E-state index is 0.0334. The number of likely N-dealkylation sites (tertiary alicyclic amines) is 2. The average Bonchev–Trinajstić information content (AvgIpc) is 4.17. The van der Waals surface area contributed by atoms with Gasteiger partial charge in [0.15, 0.2) is 5.96 Å². The summed E-state index contributed by atoms with van der Waals surface area (Å²) in [5, 5.41) is 46.4. The number of nitrogens with one attached hydrogen (secondary N) is 8. The summed E-state index contributed by atoms with van der Waals surface area (Å²) in [5.41, 5.74) is 24.2. The first-order chi connectivity index (χ1) is 39.0. The molecular formula is C57H90N14O11. The SMILES string of the molecule is CC(C)C[C@H](NC(=O)[C@@H]1CCCN1C(=O)[C@H](Cc1ccccc1)NC(=O)[C@@H]1CCCN1C(=O)[C@@H](NC(=O)[C@@H](N)CCCNC(=N)N)C(C)C)C(=O)N[C@@H](CCCCN)C(=O)N[C@@H](Cc1ccc(O)cc1)C(=O)N[C@@H](CCCCN)C(=O)O. The lowest BCUT2D eigenvalue weighted by Crippen LogP contribution is -2.60. The number of rotatable bonds is 34. The molecule has 2 aliphatic rings. The summed E-state index contributed by atoms with van der Waals surface area (Å²) >= 11 is 0. The largest absolute Gasteiger partial charge is 0.508 e. The molecule has 8 amide bonds. The summed E-state index contributed by atoms with van der Waals surface area (Å²) < 4.78 is 0. The quantitative estimate of drug-likeness (QED) is 0.0243. The van der Waals surface area contributed by atoms with Gasteiger partial charge >= 0.3 is 5.97 Å². The Labute approximate surface area is 480 Å². The van der Waals surface area contributed by atoms with Crippen LogP contribution in [0.3, 0.4) is 0 Å². The number of nitrogens with zero attached hydrogens (tertiary/aromatic N) is 2. The van der Waals surface area contributed by atoms with Crippen molar-refractivity contribution in [3.63, 3.8) is 0 Å². The van der Waals surface area contributed by atoms with E-state index < -0.39 is 108 Å². The number of phenolic OH excluding ortho intramolecular Hbond substituents is 1. The summed E-state index contributed by atoms with van der Waals surface area (Å²) in [7, 11) is 0. The fraction of sp³-hybridized carbons (Fsp3) is 0.614. The molecule has 0 spiro atoms. The van der Waals surface area contributed by atoms with Gasteiger partial charge in [0.2, 0.25) is 47.3 Å². The van der Waals surface area contributed by atoms with Crippen LogP contribution < -0.4 is 60.2 Å². The van der Waals surface area contributed by atoms with Gasteiger partial charge in [0.05, 0.1) is 6.04 Å². The summed E-state index contributed by atoms with van der Waals surface area (Å²) in [6, 6.07) is 4.67. The highest BCUT2D eigenvalue weighted by Gasteiger charge is 2.43. The normalized spacial score (nSPS) is 17.6. The second kappa shape index (κ2) is 34.2. The first-order valence-corrected chi connectivity index (χ1v) is 28.8. The van der Waals surface area contributed by atoms with Gasteiger partial charge < -0.3 is 80.2 Å². The predicted octanol–water partition coefficient (Wildman–Crippen LogP) is -0.297. The Bertz CT molecular complexity index is 2450. The van der Waals surface area contributed by atoms with Crippen LogP contribution in [0.5, 0.6) is 5.75 Å². The molecule has 2 aliphatic heterocycles. The van der Waals surface area contributed by atoms with E-state index in [0.29, 0.717) is 69.2 Å². The summed E-state index contributed by atoms with van der Waals surface area (Å²) in [5.74, 6) is -7.09. The monoisotopic (exact) mass is 1150 g/mol. The van der Waals surface area contributed by atoms with E-state index >= 15 is 0 Å². The van der Waals surface area contributed by atoms with E-state index in [9.17, 15) is 53.4 Å². The number of carboxylic acids is 1. The molecule has 0 bridgehead atoms. The van der Waals surface area contributed by atoms with Crippen molar-refractivity contribution in [2.24, 2.45) is 34.8 Å². The third kappa shape index (κ3) is 21.5. The number of nitrogens with two attached hydrogens (primary N) is 4. The van der Waals surface area contributed by atoms with Crippen LogP contribution in [-0.4, -0.2) is 166 Å². The fourth-order valence-electron chi connectivity index (χ4n) is 10.1. The number of unbranched alkanes of at least 4 members (excludes halogenated alkanes) is 2. The van der Waals surface area contributed by atoms with Gasteiger partial charge in [-0.3, -0.25) is 43.8 Å². The van der Waals surface area contributed by atoms with E-state index in [-0.39, 0.29) is 94.5 Å². The van der Waals surface area contributed by atoms with E-state index in [4.69, 9.17) is 28.3 Å².